The van der Waals surface area contributed by atoms with Gasteiger partial charge in [-0.2, -0.15) is 0 Å². The van der Waals surface area contributed by atoms with Crippen molar-refractivity contribution in [3.05, 3.63) is 0 Å². The van der Waals surface area contributed by atoms with Gasteiger partial charge in [-0.1, -0.05) is 33.6 Å². The number of hydrogen-bond acceptors (Lipinski definition) is 2. The van der Waals surface area contributed by atoms with Crippen molar-refractivity contribution >= 4 is 5.91 Å². The maximum atomic E-state index is 12.5. The van der Waals surface area contributed by atoms with Gasteiger partial charge in [-0.05, 0) is 44.1 Å². The summed E-state index contributed by atoms with van der Waals surface area (Å²) in [5.74, 6) is 1.77. The lowest BCUT2D eigenvalue weighted by Gasteiger charge is -2.40. The van der Waals surface area contributed by atoms with Crippen LogP contribution < -0.4 is 5.32 Å². The molecule has 3 atom stereocenters. The average molecular weight is 266 g/mol. The fourth-order valence-electron chi connectivity index (χ4n) is 3.84. The molecule has 1 heterocycles. The number of nitrogens with one attached hydrogen (secondary N) is 1. The van der Waals surface area contributed by atoms with Gasteiger partial charge < -0.3 is 10.2 Å². The monoisotopic (exact) mass is 266 g/mol. The largest absolute Gasteiger partial charge is 0.338 e. The van der Waals surface area contributed by atoms with Crippen LogP contribution in [0.5, 0.6) is 0 Å². The normalized spacial score (nSPS) is 32.3. The Morgan fingerprint density at radius 2 is 2.00 bits per heavy atom. The molecular weight excluding hydrogens is 236 g/mol. The first-order valence-electron chi connectivity index (χ1n) is 8.19. The molecule has 2 fully saturated rings. The zero-order valence-electron chi connectivity index (χ0n) is 12.8. The van der Waals surface area contributed by atoms with Crippen molar-refractivity contribution in [1.82, 2.24) is 10.2 Å². The van der Waals surface area contributed by atoms with E-state index in [0.717, 1.165) is 25.9 Å². The van der Waals surface area contributed by atoms with Gasteiger partial charge in [-0.25, -0.2) is 0 Å². The van der Waals surface area contributed by atoms with Crippen LogP contribution in [-0.4, -0.2) is 36.0 Å². The van der Waals surface area contributed by atoms with Gasteiger partial charge in [0.05, 0.1) is 6.04 Å². The molecule has 3 unspecified atom stereocenters. The third kappa shape index (κ3) is 3.31. The van der Waals surface area contributed by atoms with Crippen LogP contribution in [0.25, 0.3) is 0 Å². The quantitative estimate of drug-likeness (QED) is 0.830. The predicted octanol–water partition coefficient (Wildman–Crippen LogP) is 2.80. The highest BCUT2D eigenvalue weighted by atomic mass is 16.2. The van der Waals surface area contributed by atoms with E-state index in [9.17, 15) is 4.79 Å². The molecular formula is C16H30N2O. The summed E-state index contributed by atoms with van der Waals surface area (Å²) in [7, 11) is 0. The standard InChI is InChI=1S/C16H30N2O/c1-4-10-17-14-9-11-18(16(14)19)15-8-6-5-7-13(15)12(2)3/h12-15,17H,4-11H2,1-3H3. The summed E-state index contributed by atoms with van der Waals surface area (Å²) in [6.07, 6.45) is 7.26. The van der Waals surface area contributed by atoms with Crippen LogP contribution in [0.2, 0.25) is 0 Å². The van der Waals surface area contributed by atoms with Gasteiger partial charge in [0.15, 0.2) is 0 Å². The van der Waals surface area contributed by atoms with Crippen LogP contribution in [0.3, 0.4) is 0 Å². The molecule has 3 nitrogen and oxygen atoms in total. The lowest BCUT2D eigenvalue weighted by Crippen LogP contribution is -2.48. The lowest BCUT2D eigenvalue weighted by atomic mass is 9.77. The molecule has 2 rings (SSSR count). The van der Waals surface area contributed by atoms with Crippen molar-refractivity contribution in [1.29, 1.82) is 0 Å². The summed E-state index contributed by atoms with van der Waals surface area (Å²) in [6, 6.07) is 0.601. The number of carbonyl (C=O) groups excluding carboxylic acids is 1. The first-order chi connectivity index (χ1) is 9.15. The van der Waals surface area contributed by atoms with E-state index in [1.165, 1.54) is 25.7 Å². The Hall–Kier alpha value is -0.570. The number of hydrogen-bond donors (Lipinski definition) is 1. The van der Waals surface area contributed by atoms with Crippen molar-refractivity contribution in [2.24, 2.45) is 11.8 Å². The van der Waals surface area contributed by atoms with Gasteiger partial charge in [0, 0.05) is 12.6 Å². The van der Waals surface area contributed by atoms with Crippen molar-refractivity contribution in [3.8, 4) is 0 Å². The van der Waals surface area contributed by atoms with E-state index < -0.39 is 0 Å². The Bertz CT molecular complexity index is 303. The third-order valence-corrected chi connectivity index (χ3v) is 4.92. The molecule has 1 saturated carbocycles. The van der Waals surface area contributed by atoms with Crippen LogP contribution in [0.4, 0.5) is 0 Å². The van der Waals surface area contributed by atoms with Crippen LogP contribution in [0, 0.1) is 11.8 Å². The van der Waals surface area contributed by atoms with Gasteiger partial charge in [0.25, 0.3) is 0 Å². The molecule has 1 amide bonds. The second-order valence-corrected chi connectivity index (χ2v) is 6.59. The first-order valence-corrected chi connectivity index (χ1v) is 8.19. The van der Waals surface area contributed by atoms with Gasteiger partial charge in [0.1, 0.15) is 0 Å². The molecule has 3 heteroatoms. The second kappa shape index (κ2) is 6.74. The first kappa shape index (κ1) is 14.8. The van der Waals surface area contributed by atoms with Gasteiger partial charge in [-0.3, -0.25) is 4.79 Å². The number of likely N-dealkylation sites (tertiary alicyclic amines) is 1. The lowest BCUT2D eigenvalue weighted by molar-refractivity contribution is -0.133. The van der Waals surface area contributed by atoms with Crippen LogP contribution in [-0.2, 0) is 4.79 Å². The van der Waals surface area contributed by atoms with Gasteiger partial charge >= 0.3 is 0 Å². The van der Waals surface area contributed by atoms with Crippen molar-refractivity contribution < 1.29 is 4.79 Å². The van der Waals surface area contributed by atoms with Crippen molar-refractivity contribution in [2.75, 3.05) is 13.1 Å². The fraction of sp³-hybridized carbons (Fsp3) is 0.938. The molecule has 1 N–H and O–H groups in total. The van der Waals surface area contributed by atoms with E-state index in [1.54, 1.807) is 0 Å². The zero-order chi connectivity index (χ0) is 13.8. The van der Waals surface area contributed by atoms with E-state index in [1.807, 2.05) is 0 Å². The minimum absolute atomic E-state index is 0.0923. The van der Waals surface area contributed by atoms with E-state index in [0.29, 0.717) is 23.8 Å². The molecule has 1 aliphatic heterocycles. The average Bonchev–Trinajstić information content (AvgIpc) is 2.77. The summed E-state index contributed by atoms with van der Waals surface area (Å²) in [5.41, 5.74) is 0. The van der Waals surface area contributed by atoms with Crippen LogP contribution in [0.1, 0.15) is 59.3 Å². The Morgan fingerprint density at radius 1 is 1.26 bits per heavy atom. The highest BCUT2D eigenvalue weighted by Crippen LogP contribution is 2.35. The molecule has 1 saturated heterocycles. The predicted molar refractivity (Wildman–Crippen MR) is 79.0 cm³/mol. The maximum Gasteiger partial charge on any atom is 0.240 e. The zero-order valence-corrected chi connectivity index (χ0v) is 12.8. The minimum Gasteiger partial charge on any atom is -0.338 e. The third-order valence-electron chi connectivity index (χ3n) is 4.92. The summed E-state index contributed by atoms with van der Waals surface area (Å²) in [5, 5.41) is 3.40. The van der Waals surface area contributed by atoms with Gasteiger partial charge in [-0.15, -0.1) is 0 Å². The topological polar surface area (TPSA) is 32.3 Å². The van der Waals surface area contributed by atoms with E-state index in [-0.39, 0.29) is 6.04 Å². The fourth-order valence-corrected chi connectivity index (χ4v) is 3.84. The Kier molecular flexibility index (Phi) is 5.26. The maximum absolute atomic E-state index is 12.5. The minimum atomic E-state index is 0.0923. The molecule has 0 aromatic heterocycles. The second-order valence-electron chi connectivity index (χ2n) is 6.59. The Morgan fingerprint density at radius 3 is 2.68 bits per heavy atom. The highest BCUT2D eigenvalue weighted by Gasteiger charge is 2.40. The highest BCUT2D eigenvalue weighted by molar-refractivity contribution is 5.84. The number of rotatable bonds is 5. The summed E-state index contributed by atoms with van der Waals surface area (Å²) >= 11 is 0. The van der Waals surface area contributed by atoms with E-state index >= 15 is 0 Å². The van der Waals surface area contributed by atoms with Gasteiger partial charge in [0.2, 0.25) is 5.91 Å². The summed E-state index contributed by atoms with van der Waals surface area (Å²) < 4.78 is 0. The molecule has 110 valence electrons. The van der Waals surface area contributed by atoms with Crippen LogP contribution >= 0.6 is 0 Å². The molecule has 0 spiro atoms. The smallest absolute Gasteiger partial charge is 0.240 e. The van der Waals surface area contributed by atoms with E-state index in [2.05, 4.69) is 31.0 Å². The van der Waals surface area contributed by atoms with Crippen molar-refractivity contribution in [3.63, 3.8) is 0 Å². The molecule has 0 aromatic rings. The van der Waals surface area contributed by atoms with E-state index in [4.69, 9.17) is 0 Å². The molecule has 2 aliphatic rings. The summed E-state index contributed by atoms with van der Waals surface area (Å²) in [6.45, 7) is 8.71. The van der Waals surface area contributed by atoms with Crippen LogP contribution in [0.15, 0.2) is 0 Å². The number of nitrogens with zero attached hydrogens (tertiary/aromatic N) is 1. The van der Waals surface area contributed by atoms with Crippen molar-refractivity contribution in [2.45, 2.75) is 71.4 Å². The SMILES string of the molecule is CCCNC1CCN(C2CCCCC2C(C)C)C1=O. The molecule has 0 radical (unpaired) electrons. The number of carbonyl (C=O) groups is 1. The molecule has 0 bridgehead atoms. The summed E-state index contributed by atoms with van der Waals surface area (Å²) in [4.78, 5) is 14.7. The Labute approximate surface area is 118 Å². The molecule has 19 heavy (non-hydrogen) atoms. The number of amides is 1. The molecule has 0 aromatic carbocycles. The molecule has 1 aliphatic carbocycles. The Balaban J connectivity index is 1.98.